The molecule has 164 valence electrons. The van der Waals surface area contributed by atoms with E-state index in [2.05, 4.69) is 51.7 Å². The molecule has 1 aliphatic heterocycles. The number of benzene rings is 2. The molecular weight excluding hydrogens is 513 g/mol. The number of hydrogen-bond acceptors (Lipinski definition) is 4. The van der Waals surface area contributed by atoms with Crippen molar-refractivity contribution in [2.75, 3.05) is 13.6 Å². The van der Waals surface area contributed by atoms with E-state index in [9.17, 15) is 8.42 Å². The fourth-order valence-electron chi connectivity index (χ4n) is 3.61. The van der Waals surface area contributed by atoms with Crippen molar-refractivity contribution < 1.29 is 8.42 Å². The number of rotatable bonds is 6. The number of hydrogen-bond donors (Lipinski definition) is 3. The van der Waals surface area contributed by atoms with E-state index in [0.717, 1.165) is 31.0 Å². The van der Waals surface area contributed by atoms with Crippen molar-refractivity contribution in [1.29, 1.82) is 0 Å². The van der Waals surface area contributed by atoms with Crippen LogP contribution in [-0.4, -0.2) is 45.0 Å². The Morgan fingerprint density at radius 3 is 2.40 bits per heavy atom. The molecule has 2 aromatic rings. The number of guanidine groups is 1. The zero-order valence-electron chi connectivity index (χ0n) is 17.3. The monoisotopic (exact) mass is 543 g/mol. The van der Waals surface area contributed by atoms with E-state index >= 15 is 0 Å². The first kappa shape index (κ1) is 24.6. The Bertz CT molecular complexity index is 936. The molecule has 0 amide bonds. The fourth-order valence-corrected chi connectivity index (χ4v) is 4.13. The first-order valence-corrected chi connectivity index (χ1v) is 11.3. The maximum atomic E-state index is 11.3. The van der Waals surface area contributed by atoms with Crippen molar-refractivity contribution in [3.05, 3.63) is 65.7 Å². The number of likely N-dealkylation sites (tertiary alicyclic amines) is 1. The SMILES string of the molecule is CN=C(NCc1ccc(S(N)(=O)=O)cc1)NC1CC(C)N(Cc2ccccc2)C1.I. The lowest BCUT2D eigenvalue weighted by Crippen LogP contribution is -2.44. The summed E-state index contributed by atoms with van der Waals surface area (Å²) >= 11 is 0. The minimum absolute atomic E-state index is 0. The van der Waals surface area contributed by atoms with Crippen LogP contribution in [0.25, 0.3) is 0 Å². The van der Waals surface area contributed by atoms with Crippen LogP contribution in [0.1, 0.15) is 24.5 Å². The molecule has 0 radical (unpaired) electrons. The lowest BCUT2D eigenvalue weighted by molar-refractivity contribution is 0.258. The lowest BCUT2D eigenvalue weighted by atomic mass is 10.2. The van der Waals surface area contributed by atoms with Crippen LogP contribution in [-0.2, 0) is 23.1 Å². The van der Waals surface area contributed by atoms with E-state index in [4.69, 9.17) is 5.14 Å². The van der Waals surface area contributed by atoms with E-state index in [-0.39, 0.29) is 28.9 Å². The smallest absolute Gasteiger partial charge is 0.238 e. The summed E-state index contributed by atoms with van der Waals surface area (Å²) in [7, 11) is -1.92. The second-order valence-corrected chi connectivity index (χ2v) is 9.02. The number of nitrogens with one attached hydrogen (secondary N) is 2. The van der Waals surface area contributed by atoms with Gasteiger partial charge in [-0.2, -0.15) is 0 Å². The summed E-state index contributed by atoms with van der Waals surface area (Å²) in [5.41, 5.74) is 2.27. The van der Waals surface area contributed by atoms with Gasteiger partial charge in [-0.1, -0.05) is 42.5 Å². The van der Waals surface area contributed by atoms with Crippen molar-refractivity contribution in [2.45, 2.75) is 43.4 Å². The van der Waals surface area contributed by atoms with Crippen molar-refractivity contribution in [3.63, 3.8) is 0 Å². The molecule has 0 bridgehead atoms. The van der Waals surface area contributed by atoms with Gasteiger partial charge in [0.15, 0.2) is 5.96 Å². The molecule has 2 unspecified atom stereocenters. The third-order valence-electron chi connectivity index (χ3n) is 5.21. The van der Waals surface area contributed by atoms with E-state index in [0.29, 0.717) is 18.6 Å². The van der Waals surface area contributed by atoms with Crippen LogP contribution in [0.15, 0.2) is 64.5 Å². The molecule has 1 saturated heterocycles. The molecule has 2 aromatic carbocycles. The van der Waals surface area contributed by atoms with Gasteiger partial charge in [0.2, 0.25) is 10.0 Å². The van der Waals surface area contributed by atoms with Crippen LogP contribution in [0, 0.1) is 0 Å². The normalized spacial score (nSPS) is 19.9. The maximum Gasteiger partial charge on any atom is 0.238 e. The minimum Gasteiger partial charge on any atom is -0.352 e. The van der Waals surface area contributed by atoms with Crippen LogP contribution in [0.4, 0.5) is 0 Å². The fraction of sp³-hybridized carbons (Fsp3) is 0.381. The van der Waals surface area contributed by atoms with Gasteiger partial charge in [-0.15, -0.1) is 24.0 Å². The number of nitrogens with zero attached hydrogens (tertiary/aromatic N) is 2. The lowest BCUT2D eigenvalue weighted by Gasteiger charge is -2.21. The van der Waals surface area contributed by atoms with Gasteiger partial charge >= 0.3 is 0 Å². The Morgan fingerprint density at radius 1 is 1.13 bits per heavy atom. The highest BCUT2D eigenvalue weighted by Gasteiger charge is 2.29. The summed E-state index contributed by atoms with van der Waals surface area (Å²) in [5, 5.41) is 11.9. The van der Waals surface area contributed by atoms with Gasteiger partial charge in [0, 0.05) is 38.8 Å². The van der Waals surface area contributed by atoms with Crippen LogP contribution in [0.2, 0.25) is 0 Å². The molecule has 7 nitrogen and oxygen atoms in total. The maximum absolute atomic E-state index is 11.3. The number of halogens is 1. The molecule has 0 aliphatic carbocycles. The molecule has 1 fully saturated rings. The van der Waals surface area contributed by atoms with Gasteiger partial charge in [-0.05, 0) is 36.6 Å². The van der Waals surface area contributed by atoms with Gasteiger partial charge in [0.05, 0.1) is 4.90 Å². The largest absolute Gasteiger partial charge is 0.352 e. The number of aliphatic imine (C=N–C) groups is 1. The predicted octanol–water partition coefficient (Wildman–Crippen LogP) is 2.28. The van der Waals surface area contributed by atoms with Crippen LogP contribution >= 0.6 is 24.0 Å². The zero-order chi connectivity index (χ0) is 20.9. The number of primary sulfonamides is 1. The zero-order valence-corrected chi connectivity index (χ0v) is 20.4. The van der Waals surface area contributed by atoms with Crippen molar-refractivity contribution in [2.24, 2.45) is 10.1 Å². The summed E-state index contributed by atoms with van der Waals surface area (Å²) in [6, 6.07) is 17.9. The summed E-state index contributed by atoms with van der Waals surface area (Å²) in [4.78, 5) is 6.91. The van der Waals surface area contributed by atoms with E-state index in [1.54, 1.807) is 19.2 Å². The Hall–Kier alpha value is -1.69. The predicted molar refractivity (Wildman–Crippen MR) is 131 cm³/mol. The average Bonchev–Trinajstić information content (AvgIpc) is 3.04. The first-order valence-electron chi connectivity index (χ1n) is 9.72. The Labute approximate surface area is 196 Å². The van der Waals surface area contributed by atoms with Crippen LogP contribution < -0.4 is 15.8 Å². The van der Waals surface area contributed by atoms with Gasteiger partial charge in [-0.3, -0.25) is 9.89 Å². The third-order valence-corrected chi connectivity index (χ3v) is 6.14. The van der Waals surface area contributed by atoms with Crippen molar-refractivity contribution in [1.82, 2.24) is 15.5 Å². The molecule has 1 heterocycles. The Balaban J connectivity index is 0.00000320. The quantitative estimate of drug-likeness (QED) is 0.295. The molecular formula is C21H30IN5O2S. The van der Waals surface area contributed by atoms with Gasteiger partial charge in [0.1, 0.15) is 0 Å². The number of sulfonamides is 1. The van der Waals surface area contributed by atoms with E-state index < -0.39 is 10.0 Å². The van der Waals surface area contributed by atoms with Gasteiger partial charge in [-0.25, -0.2) is 13.6 Å². The standard InChI is InChI=1S/C21H29N5O2S.HI/c1-16-12-19(15-26(16)14-18-6-4-3-5-7-18)25-21(23-2)24-13-17-8-10-20(11-9-17)29(22,27)28;/h3-11,16,19H,12-15H2,1-2H3,(H2,22,27,28)(H2,23,24,25);1H. The van der Waals surface area contributed by atoms with Crippen LogP contribution in [0.3, 0.4) is 0 Å². The van der Waals surface area contributed by atoms with Gasteiger partial charge < -0.3 is 10.6 Å². The molecule has 30 heavy (non-hydrogen) atoms. The highest BCUT2D eigenvalue weighted by atomic mass is 127. The van der Waals surface area contributed by atoms with E-state index in [1.165, 1.54) is 17.7 Å². The van der Waals surface area contributed by atoms with Crippen molar-refractivity contribution >= 4 is 40.0 Å². The topological polar surface area (TPSA) is 99.8 Å². The second kappa shape index (κ2) is 11.1. The third kappa shape index (κ3) is 6.93. The number of nitrogens with two attached hydrogens (primary N) is 1. The Kier molecular flexibility index (Phi) is 9.08. The van der Waals surface area contributed by atoms with Crippen molar-refractivity contribution in [3.8, 4) is 0 Å². The second-order valence-electron chi connectivity index (χ2n) is 7.46. The molecule has 9 heteroatoms. The summed E-state index contributed by atoms with van der Waals surface area (Å²) in [6.07, 6.45) is 1.05. The average molecular weight is 543 g/mol. The highest BCUT2D eigenvalue weighted by molar-refractivity contribution is 14.0. The molecule has 4 N–H and O–H groups in total. The highest BCUT2D eigenvalue weighted by Crippen LogP contribution is 2.20. The molecule has 0 saturated carbocycles. The first-order chi connectivity index (χ1) is 13.8. The van der Waals surface area contributed by atoms with Gasteiger partial charge in [0.25, 0.3) is 0 Å². The summed E-state index contributed by atoms with van der Waals surface area (Å²) < 4.78 is 22.7. The van der Waals surface area contributed by atoms with Crippen LogP contribution in [0.5, 0.6) is 0 Å². The van der Waals surface area contributed by atoms with E-state index in [1.807, 2.05) is 6.07 Å². The minimum atomic E-state index is -3.67. The molecule has 2 atom stereocenters. The molecule has 1 aliphatic rings. The molecule has 3 rings (SSSR count). The Morgan fingerprint density at radius 2 is 1.80 bits per heavy atom. The molecule has 0 aromatic heterocycles. The molecule has 0 spiro atoms. The summed E-state index contributed by atoms with van der Waals surface area (Å²) in [5.74, 6) is 0.735. The summed E-state index contributed by atoms with van der Waals surface area (Å²) in [6.45, 7) is 4.71.